The van der Waals surface area contributed by atoms with Gasteiger partial charge in [0.2, 0.25) is 0 Å². The highest BCUT2D eigenvalue weighted by Crippen LogP contribution is 2.22. The van der Waals surface area contributed by atoms with Crippen molar-refractivity contribution in [3.63, 3.8) is 0 Å². The quantitative estimate of drug-likeness (QED) is 0.297. The summed E-state index contributed by atoms with van der Waals surface area (Å²) in [4.78, 5) is 11.7. The van der Waals surface area contributed by atoms with Gasteiger partial charge in [0.1, 0.15) is 11.6 Å². The minimum absolute atomic E-state index is 0. The van der Waals surface area contributed by atoms with Crippen molar-refractivity contribution >= 4 is 35.8 Å². The molecule has 31 heavy (non-hydrogen) atoms. The number of halogens is 1. The van der Waals surface area contributed by atoms with E-state index in [0.29, 0.717) is 12.0 Å². The average Bonchev–Trinajstić information content (AvgIpc) is 2.80. The van der Waals surface area contributed by atoms with Gasteiger partial charge in [-0.2, -0.15) is 0 Å². The molecule has 0 saturated carbocycles. The molecule has 1 unspecified atom stereocenters. The molecular weight excluding hydrogens is 501 g/mol. The van der Waals surface area contributed by atoms with E-state index in [4.69, 9.17) is 9.73 Å². The number of hydrogen-bond donors (Lipinski definition) is 2. The first-order valence-electron chi connectivity index (χ1n) is 11.0. The summed E-state index contributed by atoms with van der Waals surface area (Å²) < 4.78 is 5.25. The second-order valence-electron chi connectivity index (χ2n) is 7.82. The van der Waals surface area contributed by atoms with Crippen molar-refractivity contribution in [3.8, 4) is 5.75 Å². The zero-order valence-electron chi connectivity index (χ0n) is 18.9. The minimum atomic E-state index is 0. The number of rotatable bonds is 8. The zero-order chi connectivity index (χ0) is 21.2. The Morgan fingerprint density at radius 2 is 1.94 bits per heavy atom. The van der Waals surface area contributed by atoms with Gasteiger partial charge in [0, 0.05) is 38.4 Å². The molecule has 0 spiro atoms. The van der Waals surface area contributed by atoms with E-state index >= 15 is 0 Å². The lowest BCUT2D eigenvalue weighted by Gasteiger charge is -2.33. The van der Waals surface area contributed by atoms with E-state index in [2.05, 4.69) is 58.6 Å². The number of methoxy groups -OCH3 is 1. The summed E-state index contributed by atoms with van der Waals surface area (Å²) in [5, 5.41) is 7.03. The van der Waals surface area contributed by atoms with Crippen LogP contribution >= 0.6 is 24.0 Å². The molecule has 1 aliphatic rings. The van der Waals surface area contributed by atoms with Crippen LogP contribution in [0.4, 0.5) is 5.82 Å². The number of nitrogens with one attached hydrogen (secondary N) is 2. The molecule has 1 fully saturated rings. The molecule has 7 heteroatoms. The minimum Gasteiger partial charge on any atom is -0.497 e. The highest BCUT2D eigenvalue weighted by molar-refractivity contribution is 14.0. The van der Waals surface area contributed by atoms with Gasteiger partial charge in [0.05, 0.1) is 7.11 Å². The van der Waals surface area contributed by atoms with Gasteiger partial charge in [-0.1, -0.05) is 25.1 Å². The molecule has 0 amide bonds. The van der Waals surface area contributed by atoms with Crippen molar-refractivity contribution in [1.29, 1.82) is 0 Å². The molecule has 1 aliphatic heterocycles. The van der Waals surface area contributed by atoms with Crippen LogP contribution in [0.25, 0.3) is 0 Å². The van der Waals surface area contributed by atoms with Gasteiger partial charge in [-0.3, -0.25) is 4.99 Å². The molecule has 1 aromatic heterocycles. The van der Waals surface area contributed by atoms with Gasteiger partial charge in [-0.05, 0) is 61.9 Å². The first-order chi connectivity index (χ1) is 14.7. The summed E-state index contributed by atoms with van der Waals surface area (Å²) in [5.74, 6) is 3.36. The van der Waals surface area contributed by atoms with Crippen LogP contribution in [-0.2, 0) is 0 Å². The van der Waals surface area contributed by atoms with Crippen molar-refractivity contribution in [2.24, 2.45) is 4.99 Å². The summed E-state index contributed by atoms with van der Waals surface area (Å²) in [6.07, 6.45) is 5.05. The summed E-state index contributed by atoms with van der Waals surface area (Å²) in [6, 6.07) is 14.9. The fourth-order valence-corrected chi connectivity index (χ4v) is 3.78. The van der Waals surface area contributed by atoms with E-state index in [1.807, 2.05) is 24.4 Å². The summed E-state index contributed by atoms with van der Waals surface area (Å²) in [6.45, 7) is 8.07. The summed E-state index contributed by atoms with van der Waals surface area (Å²) in [5.41, 5.74) is 1.32. The summed E-state index contributed by atoms with van der Waals surface area (Å²) >= 11 is 0. The molecule has 3 rings (SSSR count). The second kappa shape index (κ2) is 13.4. The van der Waals surface area contributed by atoms with Gasteiger partial charge >= 0.3 is 0 Å². The lowest BCUT2D eigenvalue weighted by Crippen LogP contribution is -2.49. The van der Waals surface area contributed by atoms with Crippen LogP contribution in [0.5, 0.6) is 5.75 Å². The van der Waals surface area contributed by atoms with E-state index < -0.39 is 0 Å². The number of nitrogens with zero attached hydrogens (tertiary/aromatic N) is 3. The topological polar surface area (TPSA) is 61.8 Å². The maximum Gasteiger partial charge on any atom is 0.191 e. The van der Waals surface area contributed by atoms with E-state index in [-0.39, 0.29) is 24.0 Å². The monoisotopic (exact) mass is 537 g/mol. The van der Waals surface area contributed by atoms with Crippen LogP contribution in [0.2, 0.25) is 0 Å². The lowest BCUT2D eigenvalue weighted by atomic mass is 9.98. The van der Waals surface area contributed by atoms with Gasteiger partial charge in [-0.25, -0.2) is 4.98 Å². The second-order valence-corrected chi connectivity index (χ2v) is 7.82. The highest BCUT2D eigenvalue weighted by Gasteiger charge is 2.20. The van der Waals surface area contributed by atoms with E-state index in [1.165, 1.54) is 5.56 Å². The molecule has 2 heterocycles. The Morgan fingerprint density at radius 1 is 1.19 bits per heavy atom. The molecule has 170 valence electrons. The van der Waals surface area contributed by atoms with Gasteiger partial charge in [0.15, 0.2) is 5.96 Å². The van der Waals surface area contributed by atoms with Crippen molar-refractivity contribution in [1.82, 2.24) is 15.6 Å². The molecule has 1 saturated heterocycles. The molecule has 0 aliphatic carbocycles. The number of aliphatic imine (C=N–C) groups is 1. The van der Waals surface area contributed by atoms with Crippen LogP contribution in [0, 0.1) is 0 Å². The average molecular weight is 537 g/mol. The maximum atomic E-state index is 5.25. The standard InChI is InChI=1S/C24H35N5O.HI/c1-4-25-24(27-16-12-19(2)20-8-10-22(30-3)11-9-20)28-21-13-17-29(18-14-21)23-7-5-6-15-26-23;/h5-11,15,19,21H,4,12-14,16-18H2,1-3H3,(H2,25,27,28);1H. The van der Waals surface area contributed by atoms with Gasteiger partial charge in [-0.15, -0.1) is 24.0 Å². The molecule has 2 N–H and O–H groups in total. The van der Waals surface area contributed by atoms with Crippen molar-refractivity contribution < 1.29 is 4.74 Å². The SMILES string of the molecule is CCNC(=NCCC(C)c1ccc(OC)cc1)NC1CCN(c2ccccn2)CC1.I. The van der Waals surface area contributed by atoms with Gasteiger partial charge in [0.25, 0.3) is 0 Å². The molecule has 0 bridgehead atoms. The predicted octanol–water partition coefficient (Wildman–Crippen LogP) is 4.43. The Bertz CT molecular complexity index is 776. The van der Waals surface area contributed by atoms with E-state index in [1.54, 1.807) is 7.11 Å². The largest absolute Gasteiger partial charge is 0.497 e. The number of anilines is 1. The smallest absolute Gasteiger partial charge is 0.191 e. The van der Waals surface area contributed by atoms with E-state index in [9.17, 15) is 0 Å². The number of guanidine groups is 1. The van der Waals surface area contributed by atoms with Crippen LogP contribution in [0.3, 0.4) is 0 Å². The molecule has 0 radical (unpaired) electrons. The normalized spacial score (nSPS) is 15.7. The number of benzene rings is 1. The molecule has 2 aromatic rings. The Kier molecular flexibility index (Phi) is 10.9. The third kappa shape index (κ3) is 7.87. The molecule has 1 atom stereocenters. The third-order valence-corrected chi connectivity index (χ3v) is 5.67. The Balaban J connectivity index is 0.00000341. The van der Waals surface area contributed by atoms with Crippen molar-refractivity contribution in [2.45, 2.75) is 45.1 Å². The fraction of sp³-hybridized carbons (Fsp3) is 0.500. The molecule has 6 nitrogen and oxygen atoms in total. The van der Waals surface area contributed by atoms with Crippen molar-refractivity contribution in [2.75, 3.05) is 38.2 Å². The fourth-order valence-electron chi connectivity index (χ4n) is 3.78. The predicted molar refractivity (Wildman–Crippen MR) is 140 cm³/mol. The molecular formula is C24H36IN5O. The summed E-state index contributed by atoms with van der Waals surface area (Å²) in [7, 11) is 1.70. The molecule has 1 aromatic carbocycles. The highest BCUT2D eigenvalue weighted by atomic mass is 127. The van der Waals surface area contributed by atoms with Crippen molar-refractivity contribution in [3.05, 3.63) is 54.2 Å². The maximum absolute atomic E-state index is 5.25. The lowest BCUT2D eigenvalue weighted by molar-refractivity contribution is 0.414. The number of piperidine rings is 1. The Hall–Kier alpha value is -2.03. The van der Waals surface area contributed by atoms with Crippen LogP contribution < -0.4 is 20.3 Å². The number of aromatic nitrogens is 1. The Morgan fingerprint density at radius 3 is 2.55 bits per heavy atom. The van der Waals surface area contributed by atoms with Crippen LogP contribution in [-0.4, -0.2) is 50.3 Å². The number of hydrogen-bond acceptors (Lipinski definition) is 4. The third-order valence-electron chi connectivity index (χ3n) is 5.67. The first-order valence-corrected chi connectivity index (χ1v) is 11.0. The zero-order valence-corrected chi connectivity index (χ0v) is 21.2. The first kappa shape index (κ1) is 25.2. The van der Waals surface area contributed by atoms with E-state index in [0.717, 1.165) is 63.0 Å². The van der Waals surface area contributed by atoms with Crippen LogP contribution in [0.15, 0.2) is 53.7 Å². The van der Waals surface area contributed by atoms with Gasteiger partial charge < -0.3 is 20.3 Å². The Labute approximate surface area is 203 Å². The number of pyridine rings is 1. The number of ether oxygens (including phenoxy) is 1. The van der Waals surface area contributed by atoms with Crippen LogP contribution in [0.1, 0.15) is 44.6 Å².